The summed E-state index contributed by atoms with van der Waals surface area (Å²) in [5.41, 5.74) is 2.88. The summed E-state index contributed by atoms with van der Waals surface area (Å²) in [6, 6.07) is 6.61. The Hall–Kier alpha value is -0.350. The molecule has 0 radical (unpaired) electrons. The normalized spacial score (nSPS) is 12.7. The fraction of sp³-hybridized carbons (Fsp3) is 0.500. The average Bonchev–Trinajstić information content (AvgIpc) is 1.96. The van der Waals surface area contributed by atoms with E-state index in [2.05, 4.69) is 52.8 Å². The molecule has 0 aliphatic carbocycles. The maximum absolute atomic E-state index is 2.30. The minimum atomic E-state index is 0.415. The SMILES string of the molecule is Cc1cccc(PC(C)(C)C)c1C. The van der Waals surface area contributed by atoms with Gasteiger partial charge in [0.15, 0.2) is 0 Å². The molecule has 0 aliphatic rings. The highest BCUT2D eigenvalue weighted by Gasteiger charge is 2.12. The van der Waals surface area contributed by atoms with E-state index in [-0.39, 0.29) is 0 Å². The van der Waals surface area contributed by atoms with Crippen molar-refractivity contribution in [1.82, 2.24) is 0 Å². The van der Waals surface area contributed by atoms with Crippen molar-refractivity contribution in [1.29, 1.82) is 0 Å². The number of aryl methyl sites for hydroxylation is 1. The Kier molecular flexibility index (Phi) is 3.14. The monoisotopic (exact) mass is 194 g/mol. The zero-order valence-corrected chi connectivity index (χ0v) is 10.2. The lowest BCUT2D eigenvalue weighted by molar-refractivity contribution is 0.799. The molecule has 1 aromatic rings. The highest BCUT2D eigenvalue weighted by atomic mass is 31.1. The molecule has 0 aliphatic heterocycles. The zero-order chi connectivity index (χ0) is 10.1. The van der Waals surface area contributed by atoms with Gasteiger partial charge in [0.2, 0.25) is 0 Å². The Labute approximate surface area is 83.5 Å². The summed E-state index contributed by atoms with van der Waals surface area (Å²) in [6.45, 7) is 11.3. The lowest BCUT2D eigenvalue weighted by Gasteiger charge is -2.20. The fourth-order valence-electron chi connectivity index (χ4n) is 1.29. The molecule has 0 heterocycles. The largest absolute Gasteiger partial charge is 0.0846 e. The average molecular weight is 194 g/mol. The lowest BCUT2D eigenvalue weighted by atomic mass is 10.1. The Morgan fingerprint density at radius 3 is 2.23 bits per heavy atom. The molecule has 0 spiro atoms. The maximum atomic E-state index is 2.30. The quantitative estimate of drug-likeness (QED) is 0.601. The van der Waals surface area contributed by atoms with Crippen LogP contribution in [0.2, 0.25) is 0 Å². The summed E-state index contributed by atoms with van der Waals surface area (Å²) in [5.74, 6) is 0. The molecule has 0 N–H and O–H groups in total. The highest BCUT2D eigenvalue weighted by molar-refractivity contribution is 7.49. The number of rotatable bonds is 1. The third-order valence-electron chi connectivity index (χ3n) is 2.11. The van der Waals surface area contributed by atoms with Crippen LogP contribution >= 0.6 is 8.58 Å². The van der Waals surface area contributed by atoms with Crippen molar-refractivity contribution in [3.63, 3.8) is 0 Å². The van der Waals surface area contributed by atoms with E-state index in [0.717, 1.165) is 8.58 Å². The van der Waals surface area contributed by atoms with Gasteiger partial charge in [-0.05, 0) is 35.4 Å². The van der Waals surface area contributed by atoms with Gasteiger partial charge in [0.25, 0.3) is 0 Å². The number of benzene rings is 1. The molecule has 0 amide bonds. The summed E-state index contributed by atoms with van der Waals surface area (Å²) in [7, 11) is 0.909. The molecule has 1 rings (SSSR count). The topological polar surface area (TPSA) is 0 Å². The molecule has 1 heteroatoms. The van der Waals surface area contributed by atoms with Gasteiger partial charge in [0, 0.05) is 0 Å². The van der Waals surface area contributed by atoms with Crippen LogP contribution in [-0.4, -0.2) is 5.16 Å². The molecule has 1 aromatic carbocycles. The minimum absolute atomic E-state index is 0.415. The molecule has 0 saturated carbocycles. The second kappa shape index (κ2) is 3.80. The molecular weight excluding hydrogens is 175 g/mol. The predicted octanol–water partition coefficient (Wildman–Crippen LogP) is 3.41. The maximum Gasteiger partial charge on any atom is -0.0166 e. The second-order valence-electron chi connectivity index (χ2n) is 4.62. The zero-order valence-electron chi connectivity index (χ0n) is 9.23. The van der Waals surface area contributed by atoms with Gasteiger partial charge in [0.05, 0.1) is 0 Å². The van der Waals surface area contributed by atoms with E-state index in [4.69, 9.17) is 0 Å². The fourth-order valence-corrected chi connectivity index (χ4v) is 2.66. The van der Waals surface area contributed by atoms with Crippen LogP contribution in [0.5, 0.6) is 0 Å². The first-order valence-corrected chi connectivity index (χ1v) is 5.74. The molecule has 72 valence electrons. The second-order valence-corrected chi connectivity index (χ2v) is 6.91. The minimum Gasteiger partial charge on any atom is -0.0846 e. The first kappa shape index (κ1) is 10.7. The van der Waals surface area contributed by atoms with E-state index in [1.807, 2.05) is 0 Å². The molecule has 0 fully saturated rings. The van der Waals surface area contributed by atoms with Gasteiger partial charge >= 0.3 is 0 Å². The molecule has 13 heavy (non-hydrogen) atoms. The van der Waals surface area contributed by atoms with Crippen LogP contribution in [0, 0.1) is 13.8 Å². The van der Waals surface area contributed by atoms with Gasteiger partial charge in [-0.3, -0.25) is 0 Å². The number of hydrogen-bond donors (Lipinski definition) is 0. The van der Waals surface area contributed by atoms with Crippen molar-refractivity contribution >= 4 is 13.9 Å². The van der Waals surface area contributed by atoms with E-state index in [1.54, 1.807) is 0 Å². The smallest absolute Gasteiger partial charge is 0.0166 e. The summed E-state index contributed by atoms with van der Waals surface area (Å²) in [5, 5.41) is 1.94. The van der Waals surface area contributed by atoms with Crippen molar-refractivity contribution in [3.8, 4) is 0 Å². The van der Waals surface area contributed by atoms with E-state index in [1.165, 1.54) is 16.4 Å². The Morgan fingerprint density at radius 2 is 1.69 bits per heavy atom. The summed E-state index contributed by atoms with van der Waals surface area (Å²) in [6.07, 6.45) is 0. The molecule has 0 saturated heterocycles. The van der Waals surface area contributed by atoms with E-state index in [9.17, 15) is 0 Å². The Balaban J connectivity index is 2.96. The molecular formula is C12H19P. The van der Waals surface area contributed by atoms with Crippen LogP contribution in [0.4, 0.5) is 0 Å². The van der Waals surface area contributed by atoms with Crippen molar-refractivity contribution in [2.24, 2.45) is 0 Å². The van der Waals surface area contributed by atoms with E-state index >= 15 is 0 Å². The number of hydrogen-bond acceptors (Lipinski definition) is 0. The summed E-state index contributed by atoms with van der Waals surface area (Å²) >= 11 is 0. The third-order valence-corrected chi connectivity index (χ3v) is 3.68. The molecule has 0 bridgehead atoms. The standard InChI is InChI=1S/C12H19P/c1-9-7-6-8-11(10(9)2)13-12(3,4)5/h6-8,13H,1-5H3. The van der Waals surface area contributed by atoms with Crippen LogP contribution < -0.4 is 5.30 Å². The van der Waals surface area contributed by atoms with Crippen molar-refractivity contribution in [2.45, 2.75) is 39.8 Å². The summed E-state index contributed by atoms with van der Waals surface area (Å²) < 4.78 is 0. The van der Waals surface area contributed by atoms with Crippen molar-refractivity contribution < 1.29 is 0 Å². The van der Waals surface area contributed by atoms with Crippen LogP contribution in [-0.2, 0) is 0 Å². The van der Waals surface area contributed by atoms with E-state index in [0.29, 0.717) is 5.16 Å². The van der Waals surface area contributed by atoms with Gasteiger partial charge in [-0.25, -0.2) is 0 Å². The van der Waals surface area contributed by atoms with Gasteiger partial charge in [-0.1, -0.05) is 47.6 Å². The van der Waals surface area contributed by atoms with Crippen molar-refractivity contribution in [3.05, 3.63) is 29.3 Å². The van der Waals surface area contributed by atoms with Crippen LogP contribution in [0.1, 0.15) is 31.9 Å². The van der Waals surface area contributed by atoms with Crippen LogP contribution in [0.15, 0.2) is 18.2 Å². The predicted molar refractivity (Wildman–Crippen MR) is 63.6 cm³/mol. The molecule has 1 unspecified atom stereocenters. The highest BCUT2D eigenvalue weighted by Crippen LogP contribution is 2.30. The molecule has 0 aromatic heterocycles. The van der Waals surface area contributed by atoms with E-state index < -0.39 is 0 Å². The van der Waals surface area contributed by atoms with Gasteiger partial charge in [-0.2, -0.15) is 0 Å². The van der Waals surface area contributed by atoms with Crippen molar-refractivity contribution in [2.75, 3.05) is 0 Å². The Bertz CT molecular complexity index is 294. The van der Waals surface area contributed by atoms with Gasteiger partial charge < -0.3 is 0 Å². The third kappa shape index (κ3) is 3.12. The Morgan fingerprint density at radius 1 is 1.08 bits per heavy atom. The molecule has 0 nitrogen and oxygen atoms in total. The van der Waals surface area contributed by atoms with Crippen LogP contribution in [0.25, 0.3) is 0 Å². The van der Waals surface area contributed by atoms with Gasteiger partial charge in [0.1, 0.15) is 0 Å². The van der Waals surface area contributed by atoms with Crippen LogP contribution in [0.3, 0.4) is 0 Å². The lowest BCUT2D eigenvalue weighted by Crippen LogP contribution is -2.13. The molecule has 1 atom stereocenters. The van der Waals surface area contributed by atoms with Gasteiger partial charge in [-0.15, -0.1) is 0 Å². The summed E-state index contributed by atoms with van der Waals surface area (Å²) in [4.78, 5) is 0. The first-order chi connectivity index (χ1) is 5.90. The first-order valence-electron chi connectivity index (χ1n) is 4.74.